The van der Waals surface area contributed by atoms with E-state index in [0.29, 0.717) is 34.1 Å². The fraction of sp³-hybridized carbons (Fsp3) is 0.240. The molecule has 1 heterocycles. The third kappa shape index (κ3) is 6.06. The van der Waals surface area contributed by atoms with E-state index in [1.807, 2.05) is 42.5 Å². The number of carbonyl (C=O) groups excluding carboxylic acids is 1. The summed E-state index contributed by atoms with van der Waals surface area (Å²) in [6.45, 7) is 1.03. The molecule has 0 aliphatic carbocycles. The molecule has 4 rings (SSSR count). The number of hydrogen-bond acceptors (Lipinski definition) is 4. The van der Waals surface area contributed by atoms with Gasteiger partial charge in [0.2, 0.25) is 10.0 Å². The van der Waals surface area contributed by atoms with Gasteiger partial charge in [0.1, 0.15) is 5.75 Å². The van der Waals surface area contributed by atoms with Gasteiger partial charge in [0.15, 0.2) is 0 Å². The molecule has 0 atom stereocenters. The number of anilines is 1. The second-order valence-corrected chi connectivity index (χ2v) is 11.8. The van der Waals surface area contributed by atoms with Gasteiger partial charge in [-0.25, -0.2) is 13.2 Å². The van der Waals surface area contributed by atoms with Crippen LogP contribution < -0.4 is 10.1 Å². The molecule has 0 unspecified atom stereocenters. The predicted molar refractivity (Wildman–Crippen MR) is 143 cm³/mol. The molecular formula is C25H25Br2N3O4S. The Labute approximate surface area is 222 Å². The number of amides is 2. The van der Waals surface area contributed by atoms with Gasteiger partial charge in [-0.2, -0.15) is 4.31 Å². The molecule has 0 bridgehead atoms. The van der Waals surface area contributed by atoms with Crippen LogP contribution >= 0.6 is 31.9 Å². The van der Waals surface area contributed by atoms with Crippen LogP contribution in [0.1, 0.15) is 11.1 Å². The lowest BCUT2D eigenvalue weighted by atomic mass is 10.0. The topological polar surface area (TPSA) is 79.0 Å². The largest absolute Gasteiger partial charge is 0.496 e. The lowest BCUT2D eigenvalue weighted by Gasteiger charge is -2.34. The highest BCUT2D eigenvalue weighted by Crippen LogP contribution is 2.29. The maximum absolute atomic E-state index is 13.1. The average molecular weight is 623 g/mol. The molecule has 0 saturated carbocycles. The molecule has 0 radical (unpaired) electrons. The number of urea groups is 1. The Morgan fingerprint density at radius 2 is 1.69 bits per heavy atom. The summed E-state index contributed by atoms with van der Waals surface area (Å²) >= 11 is 6.66. The second-order valence-electron chi connectivity index (χ2n) is 8.09. The van der Waals surface area contributed by atoms with Gasteiger partial charge in [-0.1, -0.05) is 46.3 Å². The summed E-state index contributed by atoms with van der Waals surface area (Å²) in [6, 6.07) is 20.4. The Kier molecular flexibility index (Phi) is 8.16. The highest BCUT2D eigenvalue weighted by atomic mass is 79.9. The zero-order valence-electron chi connectivity index (χ0n) is 19.1. The van der Waals surface area contributed by atoms with Gasteiger partial charge in [-0.15, -0.1) is 0 Å². The number of nitrogens with zero attached hydrogens (tertiary/aromatic N) is 2. The Morgan fingerprint density at radius 1 is 0.971 bits per heavy atom. The van der Waals surface area contributed by atoms with Crippen LogP contribution in [0.25, 0.3) is 0 Å². The van der Waals surface area contributed by atoms with Gasteiger partial charge >= 0.3 is 6.03 Å². The molecule has 3 aromatic carbocycles. The molecule has 1 saturated heterocycles. The van der Waals surface area contributed by atoms with Crippen LogP contribution in [0.5, 0.6) is 5.75 Å². The second kappa shape index (κ2) is 11.1. The van der Waals surface area contributed by atoms with Crippen molar-refractivity contribution in [3.8, 4) is 5.75 Å². The van der Waals surface area contributed by atoms with Crippen LogP contribution in [-0.2, 0) is 16.4 Å². The fourth-order valence-electron chi connectivity index (χ4n) is 3.96. The lowest BCUT2D eigenvalue weighted by molar-refractivity contribution is 0.184. The van der Waals surface area contributed by atoms with Crippen LogP contribution in [-0.4, -0.2) is 56.9 Å². The standard InChI is InChI=1S/C25H25Br2N3O4S/c1-34-23-10-8-21(16-19(23)15-18-5-3-2-4-6-18)28-25(31)29-11-13-30(14-12-29)35(32,33)24-17-20(26)7-9-22(24)27/h2-10,16-17H,11-15H2,1H3,(H,28,31). The zero-order chi connectivity index (χ0) is 25.0. The molecule has 0 aromatic heterocycles. The Bertz CT molecular complexity index is 1310. The number of hydrogen-bond donors (Lipinski definition) is 1. The number of methoxy groups -OCH3 is 1. The number of benzene rings is 3. The quantitative estimate of drug-likeness (QED) is 0.402. The normalized spacial score (nSPS) is 14.5. The first-order valence-corrected chi connectivity index (χ1v) is 14.0. The summed E-state index contributed by atoms with van der Waals surface area (Å²) in [5, 5.41) is 2.94. The molecule has 184 valence electrons. The maximum Gasteiger partial charge on any atom is 0.321 e. The van der Waals surface area contributed by atoms with Crippen LogP contribution in [0.3, 0.4) is 0 Å². The smallest absolute Gasteiger partial charge is 0.321 e. The van der Waals surface area contributed by atoms with Gasteiger partial charge < -0.3 is 15.0 Å². The van der Waals surface area contributed by atoms with Crippen molar-refractivity contribution in [2.24, 2.45) is 0 Å². The first kappa shape index (κ1) is 25.7. The minimum atomic E-state index is -3.68. The number of nitrogens with one attached hydrogen (secondary N) is 1. The summed E-state index contributed by atoms with van der Waals surface area (Å²) in [5.41, 5.74) is 2.77. The summed E-state index contributed by atoms with van der Waals surface area (Å²) in [4.78, 5) is 14.7. The van der Waals surface area contributed by atoms with E-state index in [4.69, 9.17) is 4.74 Å². The first-order chi connectivity index (χ1) is 16.8. The van der Waals surface area contributed by atoms with Crippen molar-refractivity contribution in [3.63, 3.8) is 0 Å². The SMILES string of the molecule is COc1ccc(NC(=O)N2CCN(S(=O)(=O)c3cc(Br)ccc3Br)CC2)cc1Cc1ccccc1. The van der Waals surface area contributed by atoms with Crippen molar-refractivity contribution < 1.29 is 17.9 Å². The van der Waals surface area contributed by atoms with Crippen LogP contribution in [0.15, 0.2) is 80.6 Å². The molecule has 35 heavy (non-hydrogen) atoms. The van der Waals surface area contributed by atoms with Crippen LogP contribution in [0.4, 0.5) is 10.5 Å². The molecule has 10 heteroatoms. The summed E-state index contributed by atoms with van der Waals surface area (Å²) < 4.78 is 34.3. The minimum absolute atomic E-state index is 0.203. The Hall–Kier alpha value is -2.40. The predicted octanol–water partition coefficient (Wildman–Crippen LogP) is 5.35. The van der Waals surface area contributed by atoms with Crippen molar-refractivity contribution in [2.45, 2.75) is 11.3 Å². The highest BCUT2D eigenvalue weighted by Gasteiger charge is 2.31. The van der Waals surface area contributed by atoms with E-state index in [1.165, 1.54) is 4.31 Å². The van der Waals surface area contributed by atoms with Crippen molar-refractivity contribution in [1.82, 2.24) is 9.21 Å². The molecule has 2 amide bonds. The third-order valence-electron chi connectivity index (χ3n) is 5.81. The Balaban J connectivity index is 1.41. The number of carbonyl (C=O) groups is 1. The first-order valence-electron chi connectivity index (χ1n) is 11.0. The van der Waals surface area contributed by atoms with Crippen LogP contribution in [0, 0.1) is 0 Å². The minimum Gasteiger partial charge on any atom is -0.496 e. The third-order valence-corrected chi connectivity index (χ3v) is 9.19. The van der Waals surface area contributed by atoms with Gasteiger partial charge in [0.05, 0.1) is 12.0 Å². The van der Waals surface area contributed by atoms with E-state index in [2.05, 4.69) is 37.2 Å². The molecule has 7 nitrogen and oxygen atoms in total. The van der Waals surface area contributed by atoms with E-state index in [1.54, 1.807) is 36.3 Å². The molecule has 1 aliphatic heterocycles. The van der Waals surface area contributed by atoms with E-state index >= 15 is 0 Å². The van der Waals surface area contributed by atoms with E-state index in [-0.39, 0.29) is 24.0 Å². The van der Waals surface area contributed by atoms with E-state index in [9.17, 15) is 13.2 Å². The van der Waals surface area contributed by atoms with Crippen LogP contribution in [0.2, 0.25) is 0 Å². The number of ether oxygens (including phenoxy) is 1. The molecular weight excluding hydrogens is 598 g/mol. The molecule has 3 aromatic rings. The van der Waals surface area contributed by atoms with Crippen molar-refractivity contribution >= 4 is 53.6 Å². The zero-order valence-corrected chi connectivity index (χ0v) is 23.1. The number of halogens is 2. The monoisotopic (exact) mass is 621 g/mol. The molecule has 1 aliphatic rings. The van der Waals surface area contributed by atoms with Gasteiger partial charge in [-0.05, 0) is 57.9 Å². The number of sulfonamides is 1. The number of piperazine rings is 1. The molecule has 1 fully saturated rings. The highest BCUT2D eigenvalue weighted by molar-refractivity contribution is 9.11. The lowest BCUT2D eigenvalue weighted by Crippen LogP contribution is -2.51. The Morgan fingerprint density at radius 3 is 2.37 bits per heavy atom. The van der Waals surface area contributed by atoms with Crippen molar-refractivity contribution in [1.29, 1.82) is 0 Å². The maximum atomic E-state index is 13.1. The molecule has 0 spiro atoms. The fourth-order valence-corrected chi connectivity index (χ4v) is 6.84. The number of rotatable bonds is 6. The average Bonchev–Trinajstić information content (AvgIpc) is 2.86. The molecule has 1 N–H and O–H groups in total. The van der Waals surface area contributed by atoms with E-state index in [0.717, 1.165) is 16.9 Å². The summed E-state index contributed by atoms with van der Waals surface area (Å²) in [7, 11) is -2.05. The van der Waals surface area contributed by atoms with Gasteiger partial charge in [-0.3, -0.25) is 0 Å². The summed E-state index contributed by atoms with van der Waals surface area (Å²) in [6.07, 6.45) is 0.676. The van der Waals surface area contributed by atoms with Gasteiger partial charge in [0.25, 0.3) is 0 Å². The van der Waals surface area contributed by atoms with Gasteiger partial charge in [0, 0.05) is 52.8 Å². The summed E-state index contributed by atoms with van der Waals surface area (Å²) in [5.74, 6) is 0.754. The van der Waals surface area contributed by atoms with Crippen molar-refractivity contribution in [2.75, 3.05) is 38.6 Å². The van der Waals surface area contributed by atoms with Crippen molar-refractivity contribution in [3.05, 3.63) is 86.8 Å². The van der Waals surface area contributed by atoms with E-state index < -0.39 is 10.0 Å².